The molecule has 9 nitrogen and oxygen atoms in total. The molecule has 1 N–H and O–H groups in total. The predicted octanol–water partition coefficient (Wildman–Crippen LogP) is 4.49. The van der Waals surface area contributed by atoms with Crippen LogP contribution in [0, 0.1) is 0 Å². The fraction of sp³-hybridized carbons (Fsp3) is 0.231. The Morgan fingerprint density at radius 1 is 0.973 bits per heavy atom. The number of amides is 1. The number of carbonyl (C=O) groups excluding carboxylic acids is 1. The van der Waals surface area contributed by atoms with Crippen LogP contribution in [0.1, 0.15) is 19.4 Å². The zero-order chi connectivity index (χ0) is 26.8. The Bertz CT molecular complexity index is 1350. The summed E-state index contributed by atoms with van der Waals surface area (Å²) in [5, 5.41) is 4.18. The highest BCUT2D eigenvalue weighted by atomic mass is 35.5. The first-order valence-electron chi connectivity index (χ1n) is 11.4. The normalized spacial score (nSPS) is 11.2. The van der Waals surface area contributed by atoms with Gasteiger partial charge in [-0.05, 0) is 67.9 Å². The Hall–Kier alpha value is -3.76. The minimum Gasteiger partial charge on any atom is -0.495 e. The summed E-state index contributed by atoms with van der Waals surface area (Å²) in [6.07, 6.45) is 1.43. The Morgan fingerprint density at radius 2 is 1.65 bits per heavy atom. The molecule has 0 atom stereocenters. The Balaban J connectivity index is 1.82. The molecule has 0 aliphatic carbocycles. The van der Waals surface area contributed by atoms with Gasteiger partial charge in [-0.15, -0.1) is 0 Å². The fourth-order valence-corrected chi connectivity index (χ4v) is 5.02. The van der Waals surface area contributed by atoms with Crippen LogP contribution in [0.4, 0.5) is 5.69 Å². The predicted molar refractivity (Wildman–Crippen MR) is 143 cm³/mol. The molecule has 37 heavy (non-hydrogen) atoms. The number of carbonyl (C=O) groups is 1. The number of hydrogen-bond acceptors (Lipinski definition) is 7. The Morgan fingerprint density at radius 3 is 2.30 bits per heavy atom. The van der Waals surface area contributed by atoms with Gasteiger partial charge in [-0.1, -0.05) is 29.8 Å². The maximum Gasteiger partial charge on any atom is 0.264 e. The van der Waals surface area contributed by atoms with Crippen molar-refractivity contribution in [2.75, 3.05) is 31.2 Å². The van der Waals surface area contributed by atoms with E-state index in [4.69, 9.17) is 25.8 Å². The molecular weight excluding hydrogens is 518 g/mol. The van der Waals surface area contributed by atoms with Crippen molar-refractivity contribution in [3.8, 4) is 17.2 Å². The van der Waals surface area contributed by atoms with Gasteiger partial charge >= 0.3 is 0 Å². The van der Waals surface area contributed by atoms with Crippen molar-refractivity contribution in [2.24, 2.45) is 5.10 Å². The van der Waals surface area contributed by atoms with Gasteiger partial charge in [0.05, 0.1) is 42.1 Å². The lowest BCUT2D eigenvalue weighted by Crippen LogP contribution is -2.39. The summed E-state index contributed by atoms with van der Waals surface area (Å²) >= 11 is 6.23. The van der Waals surface area contributed by atoms with Crippen LogP contribution in [-0.2, 0) is 14.8 Å². The summed E-state index contributed by atoms with van der Waals surface area (Å²) in [7, 11) is -2.64. The lowest BCUT2D eigenvalue weighted by Gasteiger charge is -2.24. The van der Waals surface area contributed by atoms with Crippen molar-refractivity contribution in [1.29, 1.82) is 0 Å². The number of rotatable bonds is 12. The van der Waals surface area contributed by atoms with Crippen molar-refractivity contribution in [3.05, 3.63) is 77.3 Å². The summed E-state index contributed by atoms with van der Waals surface area (Å²) in [5.74, 6) is 0.874. The van der Waals surface area contributed by atoms with Gasteiger partial charge in [0.1, 0.15) is 12.3 Å². The molecule has 3 aromatic carbocycles. The minimum atomic E-state index is -4.09. The van der Waals surface area contributed by atoms with Gasteiger partial charge in [0.2, 0.25) is 0 Å². The largest absolute Gasteiger partial charge is 0.495 e. The third kappa shape index (κ3) is 7.14. The van der Waals surface area contributed by atoms with E-state index < -0.39 is 22.5 Å². The molecule has 1 amide bonds. The van der Waals surface area contributed by atoms with Gasteiger partial charge in [0.15, 0.2) is 11.5 Å². The number of sulfonamides is 1. The average Bonchev–Trinajstić information content (AvgIpc) is 2.89. The van der Waals surface area contributed by atoms with E-state index in [1.165, 1.54) is 43.7 Å². The number of anilines is 1. The van der Waals surface area contributed by atoms with E-state index in [0.29, 0.717) is 36.0 Å². The van der Waals surface area contributed by atoms with Crippen molar-refractivity contribution < 1.29 is 27.4 Å². The molecule has 0 saturated carbocycles. The Kier molecular flexibility index (Phi) is 9.76. The van der Waals surface area contributed by atoms with Gasteiger partial charge in [0.25, 0.3) is 15.9 Å². The maximum atomic E-state index is 13.4. The second kappa shape index (κ2) is 13.0. The summed E-state index contributed by atoms with van der Waals surface area (Å²) in [6, 6.07) is 17.5. The summed E-state index contributed by atoms with van der Waals surface area (Å²) in [5.41, 5.74) is 3.23. The first-order chi connectivity index (χ1) is 17.8. The van der Waals surface area contributed by atoms with E-state index in [2.05, 4.69) is 10.5 Å². The van der Waals surface area contributed by atoms with Crippen molar-refractivity contribution >= 4 is 39.4 Å². The van der Waals surface area contributed by atoms with E-state index >= 15 is 0 Å². The van der Waals surface area contributed by atoms with Crippen LogP contribution < -0.4 is 23.9 Å². The lowest BCUT2D eigenvalue weighted by atomic mass is 10.2. The second-order valence-corrected chi connectivity index (χ2v) is 9.78. The average molecular weight is 546 g/mol. The van der Waals surface area contributed by atoms with E-state index in [9.17, 15) is 13.2 Å². The van der Waals surface area contributed by atoms with Crippen LogP contribution in [0.5, 0.6) is 17.2 Å². The molecule has 0 aromatic heterocycles. The molecule has 0 unspecified atom stereocenters. The molecule has 0 fully saturated rings. The molecule has 0 radical (unpaired) electrons. The molecule has 0 spiro atoms. The van der Waals surface area contributed by atoms with E-state index in [1.807, 2.05) is 13.8 Å². The zero-order valence-electron chi connectivity index (χ0n) is 20.7. The maximum absolute atomic E-state index is 13.4. The smallest absolute Gasteiger partial charge is 0.264 e. The number of ether oxygens (including phenoxy) is 3. The molecule has 0 saturated heterocycles. The SMILES string of the molecule is CCOc1ccc(/C=N/NC(=O)CN(c2ccc(OC)c(Cl)c2)S(=O)(=O)c2ccccc2)cc1OCC. The van der Waals surface area contributed by atoms with Gasteiger partial charge in [0, 0.05) is 0 Å². The number of hydrogen-bond donors (Lipinski definition) is 1. The standard InChI is InChI=1S/C26H28ClN3O6S/c1-4-35-24-13-11-19(15-25(24)36-5-2)17-28-29-26(31)18-30(20-12-14-23(34-3)22(27)16-20)37(32,33)21-9-7-6-8-10-21/h6-17H,4-5,18H2,1-3H3,(H,29,31)/b28-17+. The van der Waals surface area contributed by atoms with Crippen molar-refractivity contribution in [1.82, 2.24) is 5.43 Å². The third-order valence-corrected chi connectivity index (χ3v) is 7.10. The molecule has 11 heteroatoms. The first kappa shape index (κ1) is 27.8. The third-order valence-electron chi connectivity index (χ3n) is 5.01. The molecule has 3 aromatic rings. The van der Waals surface area contributed by atoms with Gasteiger partial charge < -0.3 is 14.2 Å². The van der Waals surface area contributed by atoms with E-state index in [-0.39, 0.29) is 15.6 Å². The Labute approximate surface area is 221 Å². The highest BCUT2D eigenvalue weighted by molar-refractivity contribution is 7.92. The monoisotopic (exact) mass is 545 g/mol. The molecule has 3 rings (SSSR count). The van der Waals surface area contributed by atoms with Crippen LogP contribution in [0.3, 0.4) is 0 Å². The van der Waals surface area contributed by atoms with Crippen LogP contribution in [0.15, 0.2) is 76.7 Å². The minimum absolute atomic E-state index is 0.0242. The van der Waals surface area contributed by atoms with Crippen molar-refractivity contribution in [3.63, 3.8) is 0 Å². The number of hydrazone groups is 1. The van der Waals surface area contributed by atoms with Gasteiger partial charge in [-0.25, -0.2) is 13.8 Å². The number of nitrogens with zero attached hydrogens (tertiary/aromatic N) is 2. The number of halogens is 1. The number of nitrogens with one attached hydrogen (secondary N) is 1. The van der Waals surface area contributed by atoms with Crippen molar-refractivity contribution in [2.45, 2.75) is 18.7 Å². The molecule has 0 bridgehead atoms. The second-order valence-electron chi connectivity index (χ2n) is 7.51. The van der Waals surface area contributed by atoms with Crippen LogP contribution >= 0.6 is 11.6 Å². The lowest BCUT2D eigenvalue weighted by molar-refractivity contribution is -0.119. The molecule has 0 heterocycles. The number of methoxy groups -OCH3 is 1. The van der Waals surface area contributed by atoms with E-state index in [0.717, 1.165) is 4.31 Å². The molecular formula is C26H28ClN3O6S. The highest BCUT2D eigenvalue weighted by Gasteiger charge is 2.27. The summed E-state index contributed by atoms with van der Waals surface area (Å²) < 4.78 is 44.1. The highest BCUT2D eigenvalue weighted by Crippen LogP contribution is 2.32. The van der Waals surface area contributed by atoms with Gasteiger partial charge in [-0.2, -0.15) is 5.10 Å². The topological polar surface area (TPSA) is 107 Å². The van der Waals surface area contributed by atoms with E-state index in [1.54, 1.807) is 36.4 Å². The molecule has 0 aliphatic heterocycles. The quantitative estimate of drug-likeness (QED) is 0.265. The molecule has 196 valence electrons. The van der Waals surface area contributed by atoms with Gasteiger partial charge in [-0.3, -0.25) is 9.10 Å². The summed E-state index contributed by atoms with van der Waals surface area (Å²) in [4.78, 5) is 12.8. The van der Waals surface area contributed by atoms with Crippen LogP contribution in [-0.4, -0.2) is 47.4 Å². The summed E-state index contributed by atoms with van der Waals surface area (Å²) in [6.45, 7) is 4.15. The number of benzene rings is 3. The first-order valence-corrected chi connectivity index (χ1v) is 13.2. The molecule has 0 aliphatic rings. The van der Waals surface area contributed by atoms with Crippen LogP contribution in [0.25, 0.3) is 0 Å². The van der Waals surface area contributed by atoms with Crippen LogP contribution in [0.2, 0.25) is 5.02 Å². The zero-order valence-corrected chi connectivity index (χ0v) is 22.3. The fourth-order valence-electron chi connectivity index (χ4n) is 3.34.